The Bertz CT molecular complexity index is 929. The van der Waals surface area contributed by atoms with Gasteiger partial charge in [-0.1, -0.05) is 36.4 Å². The minimum Gasteiger partial charge on any atom is -0.504 e. The molecule has 2 aromatic carbocycles. The average molecular weight is 351 g/mol. The van der Waals surface area contributed by atoms with Gasteiger partial charge in [0.05, 0.1) is 12.0 Å². The Kier molecular flexibility index (Phi) is 4.98. The standard InChI is InChI=1S/C19H17N3O4/c1-26-17-9-7-13(11-16(17)23)12-20-18-10-8-15(22(24)25)19(21-18)14-5-3-2-4-6-14/h2-11,23H,12H2,1H3,(H,20,21). The molecule has 0 aliphatic carbocycles. The van der Waals surface area contributed by atoms with E-state index in [0.717, 1.165) is 5.56 Å². The monoisotopic (exact) mass is 351 g/mol. The van der Waals surface area contributed by atoms with Crippen molar-refractivity contribution in [2.24, 2.45) is 0 Å². The van der Waals surface area contributed by atoms with Crippen LogP contribution in [0.3, 0.4) is 0 Å². The fourth-order valence-corrected chi connectivity index (χ4v) is 2.54. The first-order chi connectivity index (χ1) is 12.6. The number of benzene rings is 2. The third kappa shape index (κ3) is 3.72. The molecule has 0 atom stereocenters. The Morgan fingerprint density at radius 3 is 2.58 bits per heavy atom. The Morgan fingerprint density at radius 2 is 1.92 bits per heavy atom. The van der Waals surface area contributed by atoms with Crippen molar-refractivity contribution in [1.82, 2.24) is 4.98 Å². The van der Waals surface area contributed by atoms with Crippen molar-refractivity contribution in [3.8, 4) is 22.8 Å². The highest BCUT2D eigenvalue weighted by Crippen LogP contribution is 2.30. The lowest BCUT2D eigenvalue weighted by atomic mass is 10.1. The van der Waals surface area contributed by atoms with E-state index >= 15 is 0 Å². The molecule has 0 aliphatic rings. The summed E-state index contributed by atoms with van der Waals surface area (Å²) in [6, 6.07) is 17.1. The number of nitro groups is 1. The number of aromatic hydroxyl groups is 1. The summed E-state index contributed by atoms with van der Waals surface area (Å²) in [7, 11) is 1.49. The van der Waals surface area contributed by atoms with Crippen molar-refractivity contribution in [3.63, 3.8) is 0 Å². The molecule has 7 heteroatoms. The molecule has 0 unspecified atom stereocenters. The second-order valence-electron chi connectivity index (χ2n) is 5.55. The Morgan fingerprint density at radius 1 is 1.15 bits per heavy atom. The van der Waals surface area contributed by atoms with E-state index < -0.39 is 4.92 Å². The maximum Gasteiger partial charge on any atom is 0.295 e. The Hall–Kier alpha value is -3.61. The first-order valence-electron chi connectivity index (χ1n) is 7.89. The zero-order chi connectivity index (χ0) is 18.5. The van der Waals surface area contributed by atoms with Gasteiger partial charge in [0.25, 0.3) is 5.69 Å². The normalized spacial score (nSPS) is 10.3. The average Bonchev–Trinajstić information content (AvgIpc) is 2.67. The lowest BCUT2D eigenvalue weighted by molar-refractivity contribution is -0.384. The van der Waals surface area contributed by atoms with Crippen LogP contribution in [0.2, 0.25) is 0 Å². The van der Waals surface area contributed by atoms with Crippen LogP contribution in [-0.4, -0.2) is 22.1 Å². The van der Waals surface area contributed by atoms with Crippen molar-refractivity contribution in [1.29, 1.82) is 0 Å². The first-order valence-corrected chi connectivity index (χ1v) is 7.89. The first kappa shape index (κ1) is 17.2. The molecule has 0 fully saturated rings. The van der Waals surface area contributed by atoms with Crippen molar-refractivity contribution in [2.45, 2.75) is 6.54 Å². The molecule has 0 radical (unpaired) electrons. The smallest absolute Gasteiger partial charge is 0.295 e. The van der Waals surface area contributed by atoms with E-state index in [1.54, 1.807) is 42.5 Å². The van der Waals surface area contributed by atoms with Crippen LogP contribution in [0.25, 0.3) is 11.3 Å². The maximum atomic E-state index is 11.3. The zero-order valence-electron chi connectivity index (χ0n) is 14.0. The highest BCUT2D eigenvalue weighted by Gasteiger charge is 2.17. The molecule has 0 bridgehead atoms. The third-order valence-electron chi connectivity index (χ3n) is 3.83. The van der Waals surface area contributed by atoms with Crippen LogP contribution in [0.4, 0.5) is 11.5 Å². The quantitative estimate of drug-likeness (QED) is 0.515. The lowest BCUT2D eigenvalue weighted by Gasteiger charge is -2.10. The number of rotatable bonds is 6. The van der Waals surface area contributed by atoms with Gasteiger partial charge < -0.3 is 15.2 Å². The van der Waals surface area contributed by atoms with Gasteiger partial charge in [0.2, 0.25) is 0 Å². The molecule has 26 heavy (non-hydrogen) atoms. The van der Waals surface area contributed by atoms with Gasteiger partial charge in [-0.2, -0.15) is 0 Å². The minimum absolute atomic E-state index is 0.0495. The van der Waals surface area contributed by atoms with Gasteiger partial charge in [0, 0.05) is 18.2 Å². The van der Waals surface area contributed by atoms with E-state index in [1.807, 2.05) is 12.1 Å². The molecule has 1 heterocycles. The molecular weight excluding hydrogens is 334 g/mol. The van der Waals surface area contributed by atoms with Crippen LogP contribution in [0.15, 0.2) is 60.7 Å². The number of nitrogens with one attached hydrogen (secondary N) is 1. The van der Waals surface area contributed by atoms with Crippen molar-refractivity contribution < 1.29 is 14.8 Å². The fourth-order valence-electron chi connectivity index (χ4n) is 2.54. The predicted octanol–water partition coefficient (Wildman–Crippen LogP) is 3.98. The largest absolute Gasteiger partial charge is 0.504 e. The summed E-state index contributed by atoms with van der Waals surface area (Å²) >= 11 is 0. The summed E-state index contributed by atoms with van der Waals surface area (Å²) < 4.78 is 5.02. The number of ether oxygens (including phenoxy) is 1. The van der Waals surface area contributed by atoms with Gasteiger partial charge in [0.15, 0.2) is 17.2 Å². The van der Waals surface area contributed by atoms with E-state index in [4.69, 9.17) is 4.74 Å². The van der Waals surface area contributed by atoms with E-state index in [9.17, 15) is 15.2 Å². The molecule has 2 N–H and O–H groups in total. The van der Waals surface area contributed by atoms with Gasteiger partial charge in [-0.3, -0.25) is 10.1 Å². The molecule has 0 saturated heterocycles. The number of methoxy groups -OCH3 is 1. The second-order valence-corrected chi connectivity index (χ2v) is 5.55. The number of phenols is 1. The number of pyridine rings is 1. The van der Waals surface area contributed by atoms with Gasteiger partial charge in [-0.25, -0.2) is 4.98 Å². The molecule has 0 amide bonds. The molecular formula is C19H17N3O4. The van der Waals surface area contributed by atoms with E-state index in [2.05, 4.69) is 10.3 Å². The number of hydrogen-bond acceptors (Lipinski definition) is 6. The highest BCUT2D eigenvalue weighted by molar-refractivity contribution is 5.71. The molecule has 7 nitrogen and oxygen atoms in total. The topological polar surface area (TPSA) is 97.5 Å². The summed E-state index contributed by atoms with van der Waals surface area (Å²) in [6.45, 7) is 0.399. The number of anilines is 1. The summed E-state index contributed by atoms with van der Waals surface area (Å²) in [6.07, 6.45) is 0. The van der Waals surface area contributed by atoms with Gasteiger partial charge in [-0.15, -0.1) is 0 Å². The number of aromatic nitrogens is 1. The fraction of sp³-hybridized carbons (Fsp3) is 0.105. The van der Waals surface area contributed by atoms with Crippen LogP contribution in [0.5, 0.6) is 11.5 Å². The summed E-state index contributed by atoms with van der Waals surface area (Å²) in [5, 5.41) is 24.2. The molecule has 0 spiro atoms. The van der Waals surface area contributed by atoms with Gasteiger partial charge in [0.1, 0.15) is 5.82 Å². The van der Waals surface area contributed by atoms with Gasteiger partial charge in [-0.05, 0) is 23.8 Å². The van der Waals surface area contributed by atoms with Crippen molar-refractivity contribution >= 4 is 11.5 Å². The number of nitrogens with zero attached hydrogens (tertiary/aromatic N) is 2. The molecule has 0 aliphatic heterocycles. The van der Waals surface area contributed by atoms with Crippen LogP contribution in [-0.2, 0) is 6.54 Å². The zero-order valence-corrected chi connectivity index (χ0v) is 14.0. The van der Waals surface area contributed by atoms with E-state index in [0.29, 0.717) is 29.4 Å². The second kappa shape index (κ2) is 7.52. The predicted molar refractivity (Wildman–Crippen MR) is 98.3 cm³/mol. The van der Waals surface area contributed by atoms with Crippen molar-refractivity contribution in [2.75, 3.05) is 12.4 Å². The minimum atomic E-state index is -0.444. The Labute approximate surface area is 150 Å². The van der Waals surface area contributed by atoms with Crippen LogP contribution in [0.1, 0.15) is 5.56 Å². The number of hydrogen-bond donors (Lipinski definition) is 2. The van der Waals surface area contributed by atoms with Crippen LogP contribution in [0, 0.1) is 10.1 Å². The highest BCUT2D eigenvalue weighted by atomic mass is 16.6. The van der Waals surface area contributed by atoms with Crippen molar-refractivity contribution in [3.05, 3.63) is 76.3 Å². The third-order valence-corrected chi connectivity index (χ3v) is 3.83. The molecule has 3 rings (SSSR count). The van der Waals surface area contributed by atoms with Crippen LogP contribution >= 0.6 is 0 Å². The van der Waals surface area contributed by atoms with Crippen LogP contribution < -0.4 is 10.1 Å². The molecule has 0 saturated carbocycles. The Balaban J connectivity index is 1.85. The number of phenolic OH excluding ortho intramolecular Hbond substituents is 1. The maximum absolute atomic E-state index is 11.3. The van der Waals surface area contributed by atoms with E-state index in [-0.39, 0.29) is 11.4 Å². The SMILES string of the molecule is COc1ccc(CNc2ccc([N+](=O)[O-])c(-c3ccccc3)n2)cc1O. The molecule has 1 aromatic heterocycles. The summed E-state index contributed by atoms with van der Waals surface area (Å²) in [4.78, 5) is 15.2. The summed E-state index contributed by atoms with van der Waals surface area (Å²) in [5.74, 6) is 0.951. The molecule has 3 aromatic rings. The molecule has 132 valence electrons. The van der Waals surface area contributed by atoms with E-state index in [1.165, 1.54) is 13.2 Å². The summed E-state index contributed by atoms with van der Waals surface area (Å²) in [5.41, 5.74) is 1.75. The van der Waals surface area contributed by atoms with Gasteiger partial charge >= 0.3 is 0 Å². The lowest BCUT2D eigenvalue weighted by Crippen LogP contribution is -2.03.